The van der Waals surface area contributed by atoms with Crippen molar-refractivity contribution in [1.82, 2.24) is 4.57 Å². The average molecular weight is 205 g/mol. The first-order valence-corrected chi connectivity index (χ1v) is 8.46. The Hall–Kier alpha value is -0.603. The monoisotopic (exact) mass is 205 g/mol. The van der Waals surface area contributed by atoms with Crippen LogP contribution in [-0.4, -0.2) is 25.9 Å². The lowest BCUT2D eigenvalue weighted by molar-refractivity contribution is 0.529. The fourth-order valence-corrected chi connectivity index (χ4v) is 5.11. The molecule has 1 aromatic rings. The minimum absolute atomic E-state index is 1.31. The van der Waals surface area contributed by atoms with E-state index in [0.29, 0.717) is 0 Å². The van der Waals surface area contributed by atoms with Crippen molar-refractivity contribution in [2.75, 3.05) is 13.1 Å². The maximum atomic E-state index is 2.72. The lowest BCUT2D eigenvalue weighted by Crippen LogP contribution is -2.56. The highest BCUT2D eigenvalue weighted by atomic mass is 28.3. The number of hydrogen-bond donors (Lipinski definition) is 0. The van der Waals surface area contributed by atoms with Crippen LogP contribution in [0.3, 0.4) is 0 Å². The van der Waals surface area contributed by atoms with Gasteiger partial charge in [-0.25, -0.2) is 0 Å². The third-order valence-corrected chi connectivity index (χ3v) is 7.15. The van der Waals surface area contributed by atoms with Crippen molar-refractivity contribution in [3.8, 4) is 0 Å². The van der Waals surface area contributed by atoms with Crippen LogP contribution in [0.1, 0.15) is 12.8 Å². The van der Waals surface area contributed by atoms with Crippen LogP contribution in [0.4, 0.5) is 0 Å². The van der Waals surface area contributed by atoms with E-state index in [1.807, 2.05) is 0 Å². The van der Waals surface area contributed by atoms with Crippen molar-refractivity contribution in [3.05, 3.63) is 30.3 Å². The minimum Gasteiger partial charge on any atom is -0.320 e. The Bertz CT molecular complexity index is 288. The van der Waals surface area contributed by atoms with Crippen molar-refractivity contribution in [1.29, 1.82) is 0 Å². The molecular weight excluding hydrogens is 186 g/mol. The first kappa shape index (κ1) is 9.93. The van der Waals surface area contributed by atoms with Gasteiger partial charge in [0.2, 0.25) is 0 Å². The van der Waals surface area contributed by atoms with Crippen LogP contribution in [-0.2, 0) is 0 Å². The molecule has 0 atom stereocenters. The molecule has 2 rings (SSSR count). The van der Waals surface area contributed by atoms with Crippen LogP contribution in [0.2, 0.25) is 13.1 Å². The van der Waals surface area contributed by atoms with Gasteiger partial charge in [-0.15, -0.1) is 0 Å². The van der Waals surface area contributed by atoms with E-state index in [4.69, 9.17) is 0 Å². The van der Waals surface area contributed by atoms with Crippen molar-refractivity contribution < 1.29 is 0 Å². The molecule has 0 bridgehead atoms. The number of nitrogens with zero attached hydrogens (tertiary/aromatic N) is 1. The van der Waals surface area contributed by atoms with Crippen molar-refractivity contribution >= 4 is 13.4 Å². The molecule has 1 saturated heterocycles. The van der Waals surface area contributed by atoms with Gasteiger partial charge in [-0.05, 0) is 31.1 Å². The van der Waals surface area contributed by atoms with E-state index in [9.17, 15) is 0 Å². The number of rotatable bonds is 2. The summed E-state index contributed by atoms with van der Waals surface area (Å²) < 4.78 is 2.72. The topological polar surface area (TPSA) is 3.24 Å². The summed E-state index contributed by atoms with van der Waals surface area (Å²) in [6, 6.07) is 11.0. The van der Waals surface area contributed by atoms with Gasteiger partial charge in [0.25, 0.3) is 0 Å². The highest BCUT2D eigenvalue weighted by molar-refractivity contribution is 6.87. The van der Waals surface area contributed by atoms with Gasteiger partial charge in [-0.2, -0.15) is 0 Å². The summed E-state index contributed by atoms with van der Waals surface area (Å²) >= 11 is 0. The summed E-state index contributed by atoms with van der Waals surface area (Å²) in [5.74, 6) is 0. The molecule has 1 aliphatic rings. The molecule has 76 valence electrons. The molecule has 0 spiro atoms. The fraction of sp³-hybridized carbons (Fsp3) is 0.500. The molecule has 14 heavy (non-hydrogen) atoms. The zero-order valence-corrected chi connectivity index (χ0v) is 10.2. The normalized spacial score (nSPS) is 18.7. The molecule has 1 aliphatic heterocycles. The lowest BCUT2D eigenvalue weighted by Gasteiger charge is -2.33. The summed E-state index contributed by atoms with van der Waals surface area (Å²) in [7, 11) is -1.31. The van der Waals surface area contributed by atoms with E-state index in [1.54, 1.807) is 5.19 Å². The third kappa shape index (κ3) is 1.77. The van der Waals surface area contributed by atoms with Crippen LogP contribution in [0.5, 0.6) is 0 Å². The maximum Gasteiger partial charge on any atom is 0.154 e. The zero-order valence-electron chi connectivity index (χ0n) is 9.16. The Kier molecular flexibility index (Phi) is 2.75. The standard InChI is InChI=1S/C12H19NSi/c1-14(2,13-10-6-7-11-13)12-8-4-3-5-9-12/h3-5,8-9H,6-7,10-11H2,1-2H3. The largest absolute Gasteiger partial charge is 0.320 e. The Morgan fingerprint density at radius 1 is 1.00 bits per heavy atom. The van der Waals surface area contributed by atoms with E-state index in [1.165, 1.54) is 25.9 Å². The maximum absolute atomic E-state index is 2.72. The molecule has 0 aliphatic carbocycles. The van der Waals surface area contributed by atoms with E-state index in [2.05, 4.69) is 48.0 Å². The Labute approximate surface area is 87.8 Å². The predicted molar refractivity (Wildman–Crippen MR) is 64.4 cm³/mol. The van der Waals surface area contributed by atoms with Gasteiger partial charge in [-0.3, -0.25) is 0 Å². The summed E-state index contributed by atoms with van der Waals surface area (Å²) in [6.45, 7) is 7.56. The van der Waals surface area contributed by atoms with Crippen LogP contribution >= 0.6 is 0 Å². The summed E-state index contributed by atoms with van der Waals surface area (Å²) in [5, 5.41) is 1.57. The Morgan fingerprint density at radius 2 is 1.57 bits per heavy atom. The average Bonchev–Trinajstić information content (AvgIpc) is 2.72. The molecule has 1 aromatic carbocycles. The molecule has 1 heterocycles. The molecule has 0 N–H and O–H groups in total. The van der Waals surface area contributed by atoms with E-state index >= 15 is 0 Å². The number of hydrogen-bond acceptors (Lipinski definition) is 1. The van der Waals surface area contributed by atoms with Crippen LogP contribution in [0.25, 0.3) is 0 Å². The predicted octanol–water partition coefficient (Wildman–Crippen LogP) is 2.19. The smallest absolute Gasteiger partial charge is 0.154 e. The second-order valence-electron chi connectivity index (χ2n) is 4.62. The summed E-state index contributed by atoms with van der Waals surface area (Å²) in [5.41, 5.74) is 0. The highest BCUT2D eigenvalue weighted by Crippen LogP contribution is 2.17. The minimum atomic E-state index is -1.31. The second kappa shape index (κ2) is 3.87. The van der Waals surface area contributed by atoms with Gasteiger partial charge in [0.1, 0.15) is 0 Å². The number of benzene rings is 1. The summed E-state index contributed by atoms with van der Waals surface area (Å²) in [6.07, 6.45) is 2.78. The highest BCUT2D eigenvalue weighted by Gasteiger charge is 2.32. The quantitative estimate of drug-likeness (QED) is 0.669. The van der Waals surface area contributed by atoms with Crippen LogP contribution in [0, 0.1) is 0 Å². The molecule has 0 radical (unpaired) electrons. The van der Waals surface area contributed by atoms with Gasteiger partial charge in [0, 0.05) is 0 Å². The van der Waals surface area contributed by atoms with Crippen molar-refractivity contribution in [3.63, 3.8) is 0 Å². The lowest BCUT2D eigenvalue weighted by atomic mass is 10.4. The molecule has 0 aromatic heterocycles. The van der Waals surface area contributed by atoms with Gasteiger partial charge in [0.05, 0.1) is 0 Å². The van der Waals surface area contributed by atoms with Gasteiger partial charge >= 0.3 is 0 Å². The summed E-state index contributed by atoms with van der Waals surface area (Å²) in [4.78, 5) is 0. The van der Waals surface area contributed by atoms with E-state index < -0.39 is 8.24 Å². The van der Waals surface area contributed by atoms with Gasteiger partial charge in [-0.1, -0.05) is 43.4 Å². The van der Waals surface area contributed by atoms with Gasteiger partial charge < -0.3 is 4.57 Å². The SMILES string of the molecule is C[Si](C)(c1ccccc1)N1CCCC1. The first-order valence-electron chi connectivity index (χ1n) is 5.52. The third-order valence-electron chi connectivity index (χ3n) is 3.38. The van der Waals surface area contributed by atoms with E-state index in [-0.39, 0.29) is 0 Å². The van der Waals surface area contributed by atoms with Crippen molar-refractivity contribution in [2.24, 2.45) is 0 Å². The van der Waals surface area contributed by atoms with Crippen LogP contribution < -0.4 is 5.19 Å². The molecule has 2 heteroatoms. The molecule has 1 nitrogen and oxygen atoms in total. The van der Waals surface area contributed by atoms with Crippen molar-refractivity contribution in [2.45, 2.75) is 25.9 Å². The second-order valence-corrected chi connectivity index (χ2v) is 8.95. The molecular formula is C12H19NSi. The molecule has 0 unspecified atom stereocenters. The Balaban J connectivity index is 2.22. The van der Waals surface area contributed by atoms with Crippen LogP contribution in [0.15, 0.2) is 30.3 Å². The van der Waals surface area contributed by atoms with Gasteiger partial charge in [0.15, 0.2) is 8.24 Å². The fourth-order valence-electron chi connectivity index (χ4n) is 2.30. The molecule has 0 saturated carbocycles. The molecule has 0 amide bonds. The zero-order chi connectivity index (χ0) is 10.0. The Morgan fingerprint density at radius 3 is 2.14 bits per heavy atom. The first-order chi connectivity index (χ1) is 6.71. The molecule has 1 fully saturated rings. The van der Waals surface area contributed by atoms with E-state index in [0.717, 1.165) is 0 Å².